The molecule has 3 saturated heterocycles. The number of piperidine rings is 2. The fourth-order valence-corrected chi connectivity index (χ4v) is 6.63. The lowest BCUT2D eigenvalue weighted by Gasteiger charge is -2.42. The van der Waals surface area contributed by atoms with E-state index in [4.69, 9.17) is 0 Å². The molecule has 4 heterocycles. The van der Waals surface area contributed by atoms with Gasteiger partial charge in [0.05, 0.1) is 5.92 Å². The number of H-pyrrole nitrogens is 1. The number of nitrogens with zero attached hydrogens (tertiary/aromatic N) is 2. The molecule has 0 spiro atoms. The third kappa shape index (κ3) is 4.59. The Hall–Kier alpha value is -3.12. The second kappa shape index (κ2) is 9.50. The highest BCUT2D eigenvalue weighted by molar-refractivity contribution is 5.84. The summed E-state index contributed by atoms with van der Waals surface area (Å²) in [4.78, 5) is 33.2. The molecule has 6 heteroatoms. The molecule has 3 aliphatic rings. The summed E-state index contributed by atoms with van der Waals surface area (Å²) in [7, 11) is 0. The van der Waals surface area contributed by atoms with Gasteiger partial charge in [0.1, 0.15) is 0 Å². The molecule has 3 aromatic rings. The molecule has 2 aromatic carbocycles. The van der Waals surface area contributed by atoms with Gasteiger partial charge in [-0.25, -0.2) is 0 Å². The first-order valence-electron chi connectivity index (χ1n) is 13.1. The van der Waals surface area contributed by atoms with Crippen molar-refractivity contribution in [3.63, 3.8) is 0 Å². The van der Waals surface area contributed by atoms with E-state index in [1.54, 1.807) is 6.20 Å². The highest BCUT2D eigenvalue weighted by Gasteiger charge is 2.45. The number of benzene rings is 2. The minimum Gasteiger partial charge on any atom is -0.382 e. The number of carbonyl (C=O) groups excluding carboxylic acids is 1. The Balaban J connectivity index is 1.10. The first kappa shape index (κ1) is 22.4. The van der Waals surface area contributed by atoms with Gasteiger partial charge in [-0.15, -0.1) is 0 Å². The van der Waals surface area contributed by atoms with E-state index in [0.29, 0.717) is 29.4 Å². The normalized spacial score (nSPS) is 26.7. The van der Waals surface area contributed by atoms with Gasteiger partial charge in [0, 0.05) is 48.5 Å². The lowest BCUT2D eigenvalue weighted by atomic mass is 9.91. The Morgan fingerprint density at radius 3 is 2.60 bits per heavy atom. The third-order valence-electron chi connectivity index (χ3n) is 8.24. The number of hydrogen-bond acceptors (Lipinski definition) is 4. The number of hydrogen-bond donors (Lipinski definition) is 2. The van der Waals surface area contributed by atoms with Gasteiger partial charge in [-0.3, -0.25) is 14.5 Å². The summed E-state index contributed by atoms with van der Waals surface area (Å²) in [5.74, 6) is 0.511. The molecule has 4 atom stereocenters. The molecular weight excluding hydrogens is 436 g/mol. The minimum absolute atomic E-state index is 0.0519. The van der Waals surface area contributed by atoms with Crippen molar-refractivity contribution in [2.45, 2.75) is 63.2 Å². The summed E-state index contributed by atoms with van der Waals surface area (Å²) in [5, 5.41) is 5.37. The van der Waals surface area contributed by atoms with E-state index in [2.05, 4.69) is 56.5 Å². The van der Waals surface area contributed by atoms with Crippen molar-refractivity contribution < 1.29 is 4.79 Å². The van der Waals surface area contributed by atoms with Crippen LogP contribution in [0.1, 0.15) is 44.1 Å². The summed E-state index contributed by atoms with van der Waals surface area (Å²) in [6.45, 7) is 2.89. The number of rotatable bonds is 5. The Morgan fingerprint density at radius 2 is 1.80 bits per heavy atom. The van der Waals surface area contributed by atoms with E-state index in [9.17, 15) is 9.59 Å². The van der Waals surface area contributed by atoms with Gasteiger partial charge in [0.15, 0.2) is 0 Å². The van der Waals surface area contributed by atoms with Gasteiger partial charge in [0.2, 0.25) is 5.91 Å². The number of fused-ring (bicyclic) bond motifs is 3. The second-order valence-electron chi connectivity index (χ2n) is 10.6. The number of nitrogens with one attached hydrogen (secondary N) is 2. The predicted molar refractivity (Wildman–Crippen MR) is 139 cm³/mol. The van der Waals surface area contributed by atoms with Gasteiger partial charge < -0.3 is 15.2 Å². The number of likely N-dealkylation sites (tertiary alicyclic amines) is 1. The molecule has 35 heavy (non-hydrogen) atoms. The maximum absolute atomic E-state index is 13.7. The molecule has 3 aliphatic heterocycles. The largest absolute Gasteiger partial charge is 0.382 e. The monoisotopic (exact) mass is 470 g/mol. The average Bonchev–Trinajstić information content (AvgIpc) is 3.14. The third-order valence-corrected chi connectivity index (χ3v) is 8.24. The van der Waals surface area contributed by atoms with Crippen molar-refractivity contribution in [2.75, 3.05) is 18.4 Å². The maximum Gasteiger partial charge on any atom is 0.255 e. The van der Waals surface area contributed by atoms with Gasteiger partial charge in [0.25, 0.3) is 5.56 Å². The van der Waals surface area contributed by atoms with Gasteiger partial charge in [-0.05, 0) is 80.3 Å². The molecule has 0 unspecified atom stereocenters. The van der Waals surface area contributed by atoms with Crippen LogP contribution >= 0.6 is 0 Å². The number of amides is 1. The van der Waals surface area contributed by atoms with Crippen molar-refractivity contribution >= 4 is 22.4 Å². The lowest BCUT2D eigenvalue weighted by Crippen LogP contribution is -2.53. The molecular formula is C29H34N4O2. The SMILES string of the molecule is O=C([C@@H]1CCCN(Cc2ccccc2)C1)N1[C@@H]2CC[C@H]1C[C@H](Nc1ccc3c(=O)[nH]ccc3c1)C2. The van der Waals surface area contributed by atoms with Crippen molar-refractivity contribution in [3.05, 3.63) is 76.7 Å². The Labute approximate surface area is 206 Å². The average molecular weight is 471 g/mol. The number of carbonyl (C=O) groups is 1. The maximum atomic E-state index is 13.7. The Morgan fingerprint density at radius 1 is 1.00 bits per heavy atom. The molecule has 1 amide bonds. The zero-order chi connectivity index (χ0) is 23.8. The van der Waals surface area contributed by atoms with Crippen LogP contribution in [0, 0.1) is 5.92 Å². The highest BCUT2D eigenvalue weighted by Crippen LogP contribution is 2.39. The van der Waals surface area contributed by atoms with Crippen LogP contribution in [0.25, 0.3) is 10.8 Å². The van der Waals surface area contributed by atoms with Crippen molar-refractivity contribution in [2.24, 2.45) is 5.92 Å². The number of anilines is 1. The van der Waals surface area contributed by atoms with Crippen LogP contribution in [0.2, 0.25) is 0 Å². The van der Waals surface area contributed by atoms with Crippen molar-refractivity contribution in [3.8, 4) is 0 Å². The smallest absolute Gasteiger partial charge is 0.255 e. The fourth-order valence-electron chi connectivity index (χ4n) is 6.63. The second-order valence-corrected chi connectivity index (χ2v) is 10.6. The standard InChI is InChI=1S/C29H34N4O2/c34-28-27-11-8-23(15-21(27)12-13-30-28)31-24-16-25-9-10-26(17-24)33(25)29(35)22-7-4-14-32(19-22)18-20-5-2-1-3-6-20/h1-3,5-6,8,11-13,15,22,24-26,31H,4,7,9-10,14,16-19H2,(H,30,34)/t22-,24-,25-,26+/m1/s1. The number of aromatic amines is 1. The van der Waals surface area contributed by atoms with Crippen LogP contribution in [-0.2, 0) is 11.3 Å². The summed E-state index contributed by atoms with van der Waals surface area (Å²) in [5.41, 5.74) is 2.32. The molecule has 2 bridgehead atoms. The van der Waals surface area contributed by atoms with E-state index in [0.717, 1.165) is 69.2 Å². The van der Waals surface area contributed by atoms with Crippen LogP contribution in [-0.4, -0.2) is 51.9 Å². The quantitative estimate of drug-likeness (QED) is 0.581. The first-order chi connectivity index (χ1) is 17.1. The zero-order valence-electron chi connectivity index (χ0n) is 20.2. The van der Waals surface area contributed by atoms with Crippen LogP contribution in [0.3, 0.4) is 0 Å². The lowest BCUT2D eigenvalue weighted by molar-refractivity contribution is -0.142. The molecule has 1 aromatic heterocycles. The van der Waals surface area contributed by atoms with E-state index in [1.807, 2.05) is 18.2 Å². The highest BCUT2D eigenvalue weighted by atomic mass is 16.2. The van der Waals surface area contributed by atoms with Crippen LogP contribution in [0.15, 0.2) is 65.6 Å². The van der Waals surface area contributed by atoms with Gasteiger partial charge in [-0.1, -0.05) is 30.3 Å². The zero-order valence-corrected chi connectivity index (χ0v) is 20.2. The Kier molecular flexibility index (Phi) is 6.06. The predicted octanol–water partition coefficient (Wildman–Crippen LogP) is 4.37. The number of aromatic nitrogens is 1. The van der Waals surface area contributed by atoms with E-state index in [1.165, 1.54) is 5.56 Å². The minimum atomic E-state index is -0.0519. The van der Waals surface area contributed by atoms with Crippen LogP contribution < -0.4 is 10.9 Å². The molecule has 0 saturated carbocycles. The van der Waals surface area contributed by atoms with Gasteiger partial charge >= 0.3 is 0 Å². The van der Waals surface area contributed by atoms with E-state index < -0.39 is 0 Å². The van der Waals surface area contributed by atoms with Crippen LogP contribution in [0.4, 0.5) is 5.69 Å². The summed E-state index contributed by atoms with van der Waals surface area (Å²) >= 11 is 0. The molecule has 0 radical (unpaired) electrons. The number of pyridine rings is 1. The molecule has 2 N–H and O–H groups in total. The first-order valence-corrected chi connectivity index (χ1v) is 13.1. The summed E-state index contributed by atoms with van der Waals surface area (Å²) in [6, 6.07) is 19.5. The van der Waals surface area contributed by atoms with Crippen molar-refractivity contribution in [1.29, 1.82) is 0 Å². The Bertz CT molecular complexity index is 1240. The van der Waals surface area contributed by atoms with E-state index >= 15 is 0 Å². The van der Waals surface area contributed by atoms with Gasteiger partial charge in [-0.2, -0.15) is 0 Å². The van der Waals surface area contributed by atoms with Crippen LogP contribution in [0.5, 0.6) is 0 Å². The molecule has 0 aliphatic carbocycles. The molecule has 6 nitrogen and oxygen atoms in total. The van der Waals surface area contributed by atoms with Crippen molar-refractivity contribution in [1.82, 2.24) is 14.8 Å². The molecule has 6 rings (SSSR count). The fraction of sp³-hybridized carbons (Fsp3) is 0.448. The van der Waals surface area contributed by atoms with E-state index in [-0.39, 0.29) is 11.5 Å². The summed E-state index contributed by atoms with van der Waals surface area (Å²) in [6.07, 6.45) is 8.03. The molecule has 182 valence electrons. The molecule has 3 fully saturated rings. The topological polar surface area (TPSA) is 68.4 Å². The summed E-state index contributed by atoms with van der Waals surface area (Å²) < 4.78 is 0.